The molecule has 15 heavy (non-hydrogen) atoms. The predicted octanol–water partition coefficient (Wildman–Crippen LogP) is 2.28. The van der Waals surface area contributed by atoms with Crippen molar-refractivity contribution in [2.75, 3.05) is 6.54 Å². The van der Waals surface area contributed by atoms with Crippen molar-refractivity contribution < 1.29 is 0 Å². The summed E-state index contributed by atoms with van der Waals surface area (Å²) < 4.78 is 0. The Labute approximate surface area is 94.0 Å². The summed E-state index contributed by atoms with van der Waals surface area (Å²) in [4.78, 5) is 0. The van der Waals surface area contributed by atoms with Gasteiger partial charge in [-0.1, -0.05) is 19.3 Å². The van der Waals surface area contributed by atoms with Gasteiger partial charge in [-0.2, -0.15) is 0 Å². The molecular formula is C13H26N2. The lowest BCUT2D eigenvalue weighted by molar-refractivity contribution is 0.305. The van der Waals surface area contributed by atoms with Crippen LogP contribution in [0.5, 0.6) is 0 Å². The van der Waals surface area contributed by atoms with E-state index in [1.54, 1.807) is 0 Å². The van der Waals surface area contributed by atoms with Crippen molar-refractivity contribution in [3.05, 3.63) is 0 Å². The van der Waals surface area contributed by atoms with Gasteiger partial charge in [0, 0.05) is 12.1 Å². The van der Waals surface area contributed by atoms with E-state index in [1.807, 2.05) is 0 Å². The Bertz CT molecular complexity index is 187. The van der Waals surface area contributed by atoms with E-state index >= 15 is 0 Å². The largest absolute Gasteiger partial charge is 0.330 e. The lowest BCUT2D eigenvalue weighted by Crippen LogP contribution is -2.43. The zero-order valence-corrected chi connectivity index (χ0v) is 10.0. The Morgan fingerprint density at radius 2 is 1.87 bits per heavy atom. The maximum Gasteiger partial charge on any atom is 0.0110 e. The zero-order valence-electron chi connectivity index (χ0n) is 10.0. The Morgan fingerprint density at radius 1 is 1.13 bits per heavy atom. The normalized spacial score (nSPS) is 34.8. The second-order valence-corrected chi connectivity index (χ2v) is 5.53. The van der Waals surface area contributed by atoms with Crippen molar-refractivity contribution >= 4 is 0 Å². The van der Waals surface area contributed by atoms with Crippen LogP contribution in [-0.4, -0.2) is 18.6 Å². The molecule has 0 aromatic carbocycles. The van der Waals surface area contributed by atoms with Gasteiger partial charge in [-0.3, -0.25) is 0 Å². The van der Waals surface area contributed by atoms with Gasteiger partial charge >= 0.3 is 0 Å². The molecule has 2 nitrogen and oxygen atoms in total. The van der Waals surface area contributed by atoms with E-state index in [1.165, 1.54) is 44.9 Å². The molecule has 2 fully saturated rings. The smallest absolute Gasteiger partial charge is 0.0110 e. The van der Waals surface area contributed by atoms with Gasteiger partial charge in [-0.15, -0.1) is 0 Å². The molecule has 0 aromatic rings. The highest BCUT2D eigenvalue weighted by molar-refractivity contribution is 4.88. The summed E-state index contributed by atoms with van der Waals surface area (Å²) in [6, 6.07) is 1.43. The van der Waals surface area contributed by atoms with Crippen molar-refractivity contribution in [2.24, 2.45) is 17.6 Å². The number of hydrogen-bond donors (Lipinski definition) is 2. The van der Waals surface area contributed by atoms with Crippen LogP contribution in [0.2, 0.25) is 0 Å². The fraction of sp³-hybridized carbons (Fsp3) is 1.00. The van der Waals surface area contributed by atoms with Crippen LogP contribution in [0.3, 0.4) is 0 Å². The minimum atomic E-state index is 0.713. The maximum atomic E-state index is 5.81. The lowest BCUT2D eigenvalue weighted by Gasteiger charge is -2.27. The molecule has 2 unspecified atom stereocenters. The third-order valence-corrected chi connectivity index (χ3v) is 4.55. The Balaban J connectivity index is 1.79. The van der Waals surface area contributed by atoms with Crippen LogP contribution >= 0.6 is 0 Å². The molecule has 0 saturated heterocycles. The average Bonchev–Trinajstić information content (AvgIpc) is 2.87. The highest BCUT2D eigenvalue weighted by Crippen LogP contribution is 2.30. The Kier molecular flexibility index (Phi) is 4.04. The molecule has 0 bridgehead atoms. The molecule has 2 aliphatic rings. The quantitative estimate of drug-likeness (QED) is 0.747. The van der Waals surface area contributed by atoms with Crippen LogP contribution in [0.15, 0.2) is 0 Å². The SMILES string of the molecule is C[C@@H](NC1CCCC1CN)C1CCCC1. The van der Waals surface area contributed by atoms with Crippen LogP contribution in [-0.2, 0) is 0 Å². The van der Waals surface area contributed by atoms with Gasteiger partial charge in [-0.25, -0.2) is 0 Å². The topological polar surface area (TPSA) is 38.0 Å². The monoisotopic (exact) mass is 210 g/mol. The van der Waals surface area contributed by atoms with E-state index < -0.39 is 0 Å². The van der Waals surface area contributed by atoms with Crippen molar-refractivity contribution in [1.82, 2.24) is 5.32 Å². The first-order valence-corrected chi connectivity index (χ1v) is 6.77. The molecule has 88 valence electrons. The Morgan fingerprint density at radius 3 is 2.53 bits per heavy atom. The van der Waals surface area contributed by atoms with Crippen molar-refractivity contribution in [1.29, 1.82) is 0 Å². The highest BCUT2D eigenvalue weighted by Gasteiger charge is 2.29. The second-order valence-electron chi connectivity index (χ2n) is 5.53. The number of nitrogens with one attached hydrogen (secondary N) is 1. The maximum absolute atomic E-state index is 5.81. The zero-order chi connectivity index (χ0) is 10.7. The molecule has 0 heterocycles. The van der Waals surface area contributed by atoms with E-state index in [9.17, 15) is 0 Å². The molecule has 2 rings (SSSR count). The molecule has 0 aromatic heterocycles. The standard InChI is InChI=1S/C13H26N2/c1-10(11-5-2-3-6-11)15-13-8-4-7-12(13)9-14/h10-13,15H,2-9,14H2,1H3/t10-,12?,13?/m1/s1. The number of nitrogens with two attached hydrogens (primary N) is 1. The molecule has 2 heteroatoms. The summed E-state index contributed by atoms with van der Waals surface area (Å²) in [5.41, 5.74) is 5.81. The van der Waals surface area contributed by atoms with E-state index in [2.05, 4.69) is 12.2 Å². The molecule has 0 aliphatic heterocycles. The van der Waals surface area contributed by atoms with Gasteiger partial charge in [0.15, 0.2) is 0 Å². The minimum absolute atomic E-state index is 0.713. The van der Waals surface area contributed by atoms with Crippen molar-refractivity contribution in [3.63, 3.8) is 0 Å². The van der Waals surface area contributed by atoms with Crippen LogP contribution < -0.4 is 11.1 Å². The fourth-order valence-corrected chi connectivity index (χ4v) is 3.47. The summed E-state index contributed by atoms with van der Waals surface area (Å²) in [6.45, 7) is 3.25. The molecule has 0 radical (unpaired) electrons. The van der Waals surface area contributed by atoms with Gasteiger partial charge in [-0.05, 0) is 51.0 Å². The van der Waals surface area contributed by atoms with Crippen molar-refractivity contribution in [3.8, 4) is 0 Å². The minimum Gasteiger partial charge on any atom is -0.330 e. The van der Waals surface area contributed by atoms with Gasteiger partial charge in [0.05, 0.1) is 0 Å². The van der Waals surface area contributed by atoms with Crippen molar-refractivity contribution in [2.45, 2.75) is 64.0 Å². The van der Waals surface area contributed by atoms with Gasteiger partial charge in [0.2, 0.25) is 0 Å². The lowest BCUT2D eigenvalue weighted by atomic mass is 9.96. The summed E-state index contributed by atoms with van der Waals surface area (Å²) in [5.74, 6) is 1.68. The first-order chi connectivity index (χ1) is 7.31. The summed E-state index contributed by atoms with van der Waals surface area (Å²) in [6.07, 6.45) is 9.83. The first-order valence-electron chi connectivity index (χ1n) is 6.77. The van der Waals surface area contributed by atoms with E-state index in [4.69, 9.17) is 5.73 Å². The molecule has 0 spiro atoms. The van der Waals surface area contributed by atoms with Gasteiger partial charge in [0.1, 0.15) is 0 Å². The second kappa shape index (κ2) is 5.31. The van der Waals surface area contributed by atoms with Crippen LogP contribution in [0, 0.1) is 11.8 Å². The van der Waals surface area contributed by atoms with Crippen LogP contribution in [0.4, 0.5) is 0 Å². The summed E-state index contributed by atoms with van der Waals surface area (Å²) in [5, 5.41) is 3.84. The molecule has 2 aliphatic carbocycles. The van der Waals surface area contributed by atoms with Crippen LogP contribution in [0.25, 0.3) is 0 Å². The highest BCUT2D eigenvalue weighted by atomic mass is 15.0. The third kappa shape index (κ3) is 2.73. The molecule has 0 amide bonds. The predicted molar refractivity (Wildman–Crippen MR) is 64.7 cm³/mol. The van der Waals surface area contributed by atoms with E-state index in [0.717, 1.165) is 18.4 Å². The third-order valence-electron chi connectivity index (χ3n) is 4.55. The number of rotatable bonds is 4. The average molecular weight is 210 g/mol. The number of hydrogen-bond acceptors (Lipinski definition) is 2. The molecule has 3 atom stereocenters. The summed E-state index contributed by atoms with van der Waals surface area (Å²) >= 11 is 0. The fourth-order valence-electron chi connectivity index (χ4n) is 3.47. The van der Waals surface area contributed by atoms with E-state index in [-0.39, 0.29) is 0 Å². The molecule has 3 N–H and O–H groups in total. The first kappa shape index (κ1) is 11.4. The molecule has 2 saturated carbocycles. The molecular weight excluding hydrogens is 184 g/mol. The summed E-state index contributed by atoms with van der Waals surface area (Å²) in [7, 11) is 0. The van der Waals surface area contributed by atoms with Crippen LogP contribution in [0.1, 0.15) is 51.9 Å². The van der Waals surface area contributed by atoms with Gasteiger partial charge < -0.3 is 11.1 Å². The van der Waals surface area contributed by atoms with E-state index in [0.29, 0.717) is 12.1 Å². The Hall–Kier alpha value is -0.0800. The van der Waals surface area contributed by atoms with Gasteiger partial charge in [0.25, 0.3) is 0 Å².